The van der Waals surface area contributed by atoms with Gasteiger partial charge in [-0.1, -0.05) is 18.5 Å². The average molecular weight is 443 g/mol. The number of aromatic nitrogens is 3. The molecule has 2 amide bonds. The van der Waals surface area contributed by atoms with E-state index in [1.54, 1.807) is 11.8 Å². The van der Waals surface area contributed by atoms with Gasteiger partial charge in [0.2, 0.25) is 11.9 Å². The lowest BCUT2D eigenvalue weighted by molar-refractivity contribution is -0.137. The number of nitrogens with zero attached hydrogens (tertiary/aromatic N) is 4. The van der Waals surface area contributed by atoms with Gasteiger partial charge >= 0.3 is 6.18 Å². The van der Waals surface area contributed by atoms with Crippen molar-refractivity contribution in [2.45, 2.75) is 32.0 Å². The van der Waals surface area contributed by atoms with Crippen LogP contribution in [0.1, 0.15) is 35.8 Å². The van der Waals surface area contributed by atoms with E-state index < -0.39 is 17.6 Å². The second-order valence-electron chi connectivity index (χ2n) is 6.60. The van der Waals surface area contributed by atoms with Crippen molar-refractivity contribution >= 4 is 35.2 Å². The number of carbonyl (C=O) groups is 2. The zero-order valence-electron chi connectivity index (χ0n) is 15.8. The Morgan fingerprint density at radius 3 is 2.77 bits per heavy atom. The maximum Gasteiger partial charge on any atom is 0.417 e. The van der Waals surface area contributed by atoms with Gasteiger partial charge in [-0.2, -0.15) is 13.2 Å². The summed E-state index contributed by atoms with van der Waals surface area (Å²) in [4.78, 5) is 37.4. The predicted molar refractivity (Wildman–Crippen MR) is 103 cm³/mol. The molecule has 1 aliphatic rings. The first-order valence-corrected chi connectivity index (χ1v) is 9.46. The molecule has 12 heteroatoms. The Morgan fingerprint density at radius 2 is 2.10 bits per heavy atom. The molecule has 0 aromatic carbocycles. The topological polar surface area (TPSA) is 100 Å². The Bertz CT molecular complexity index is 956. The van der Waals surface area contributed by atoms with Gasteiger partial charge in [0.25, 0.3) is 5.91 Å². The average Bonchev–Trinajstić information content (AvgIpc) is 3.15. The van der Waals surface area contributed by atoms with Crippen molar-refractivity contribution in [2.24, 2.45) is 0 Å². The molecule has 0 bridgehead atoms. The van der Waals surface area contributed by atoms with E-state index >= 15 is 0 Å². The molecule has 1 saturated heterocycles. The largest absolute Gasteiger partial charge is 0.417 e. The number of rotatable bonds is 5. The van der Waals surface area contributed by atoms with E-state index in [4.69, 9.17) is 11.6 Å². The maximum absolute atomic E-state index is 12.8. The summed E-state index contributed by atoms with van der Waals surface area (Å²) in [6.45, 7) is 2.47. The molecule has 1 aliphatic heterocycles. The predicted octanol–water partition coefficient (Wildman–Crippen LogP) is 2.90. The summed E-state index contributed by atoms with van der Waals surface area (Å²) in [7, 11) is 0. The molecule has 0 radical (unpaired) electrons. The van der Waals surface area contributed by atoms with E-state index in [0.717, 1.165) is 12.3 Å². The molecule has 1 fully saturated rings. The van der Waals surface area contributed by atoms with Gasteiger partial charge in [-0.15, -0.1) is 0 Å². The molecule has 3 heterocycles. The third-order valence-electron chi connectivity index (χ3n) is 4.43. The van der Waals surface area contributed by atoms with Crippen molar-refractivity contribution in [3.63, 3.8) is 0 Å². The first kappa shape index (κ1) is 21.8. The summed E-state index contributed by atoms with van der Waals surface area (Å²) < 4.78 is 38.3. The van der Waals surface area contributed by atoms with Crippen LogP contribution in [0, 0.1) is 0 Å². The minimum absolute atomic E-state index is 0.0308. The van der Waals surface area contributed by atoms with Crippen LogP contribution < -0.4 is 15.5 Å². The normalized spacial score (nSPS) is 16.4. The molecule has 0 aliphatic carbocycles. The second kappa shape index (κ2) is 8.82. The lowest BCUT2D eigenvalue weighted by Gasteiger charge is -2.20. The molecule has 2 N–H and O–H groups in total. The first-order valence-electron chi connectivity index (χ1n) is 9.08. The van der Waals surface area contributed by atoms with Crippen molar-refractivity contribution < 1.29 is 22.8 Å². The standard InChI is InChI=1S/C18H18ClF3N6O2/c1-2-14(29)27-17-23-5-3-13(26-17)16(30)25-11-4-6-28(9-11)15-12(19)7-10(8-24-15)18(20,21)22/h3,5,7-8,11H,2,4,6,9H2,1H3,(H,25,30)(H,23,26,27,29). The lowest BCUT2D eigenvalue weighted by atomic mass is 10.2. The number of hydrogen-bond donors (Lipinski definition) is 2. The van der Waals surface area contributed by atoms with Gasteiger partial charge in [-0.3, -0.25) is 14.9 Å². The third kappa shape index (κ3) is 5.15. The van der Waals surface area contributed by atoms with Crippen molar-refractivity contribution in [3.05, 3.63) is 40.8 Å². The number of carbonyl (C=O) groups excluding carboxylic acids is 2. The van der Waals surface area contributed by atoms with Crippen LogP contribution in [0.3, 0.4) is 0 Å². The molecule has 8 nitrogen and oxygen atoms in total. The molecule has 30 heavy (non-hydrogen) atoms. The molecule has 0 spiro atoms. The number of hydrogen-bond acceptors (Lipinski definition) is 6. The molecule has 160 valence electrons. The smallest absolute Gasteiger partial charge is 0.353 e. The molecule has 1 unspecified atom stereocenters. The molecule has 2 aromatic heterocycles. The van der Waals surface area contributed by atoms with Crippen LogP contribution in [-0.4, -0.2) is 45.9 Å². The van der Waals surface area contributed by atoms with Crippen LogP contribution in [0.25, 0.3) is 0 Å². The number of halogens is 4. The summed E-state index contributed by atoms with van der Waals surface area (Å²) in [6, 6.07) is 1.97. The van der Waals surface area contributed by atoms with Gasteiger partial charge in [-0.05, 0) is 18.6 Å². The summed E-state index contributed by atoms with van der Waals surface area (Å²) in [6.07, 6.45) is -1.63. The second-order valence-corrected chi connectivity index (χ2v) is 7.01. The van der Waals surface area contributed by atoms with Crippen molar-refractivity contribution in [1.82, 2.24) is 20.3 Å². The van der Waals surface area contributed by atoms with Gasteiger partial charge in [0.15, 0.2) is 0 Å². The highest BCUT2D eigenvalue weighted by molar-refractivity contribution is 6.33. The molecule has 1 atom stereocenters. The molecule has 0 saturated carbocycles. The fourth-order valence-corrected chi connectivity index (χ4v) is 3.19. The SMILES string of the molecule is CCC(=O)Nc1nccc(C(=O)NC2CCN(c3ncc(C(F)(F)F)cc3Cl)C2)n1. The van der Waals surface area contributed by atoms with Gasteiger partial charge in [0.05, 0.1) is 10.6 Å². The lowest BCUT2D eigenvalue weighted by Crippen LogP contribution is -2.37. The fraction of sp³-hybridized carbons (Fsp3) is 0.389. The van der Waals surface area contributed by atoms with Gasteiger partial charge in [0.1, 0.15) is 11.5 Å². The van der Waals surface area contributed by atoms with Crippen molar-refractivity contribution in [3.8, 4) is 0 Å². The van der Waals surface area contributed by atoms with Gasteiger partial charge in [0, 0.05) is 37.9 Å². The third-order valence-corrected chi connectivity index (χ3v) is 4.71. The van der Waals surface area contributed by atoms with Crippen LogP contribution in [0.2, 0.25) is 5.02 Å². The fourth-order valence-electron chi connectivity index (χ4n) is 2.91. The minimum Gasteiger partial charge on any atom is -0.353 e. The molecule has 2 aromatic rings. The summed E-state index contributed by atoms with van der Waals surface area (Å²) in [5, 5.41) is 5.18. The number of alkyl halides is 3. The Labute approximate surface area is 174 Å². The van der Waals surface area contributed by atoms with Crippen LogP contribution in [0.5, 0.6) is 0 Å². The van der Waals surface area contributed by atoms with E-state index in [1.807, 2.05) is 0 Å². The minimum atomic E-state index is -4.52. The highest BCUT2D eigenvalue weighted by Crippen LogP contribution is 2.34. The van der Waals surface area contributed by atoms with Crippen molar-refractivity contribution in [2.75, 3.05) is 23.3 Å². The summed E-state index contributed by atoms with van der Waals surface area (Å²) in [5.74, 6) is -0.473. The maximum atomic E-state index is 12.8. The van der Waals surface area contributed by atoms with E-state index in [0.29, 0.717) is 19.5 Å². The Hall–Kier alpha value is -2.95. The van der Waals surface area contributed by atoms with E-state index in [2.05, 4.69) is 25.6 Å². The Morgan fingerprint density at radius 1 is 1.33 bits per heavy atom. The first-order chi connectivity index (χ1) is 14.2. The highest BCUT2D eigenvalue weighted by atomic mass is 35.5. The van der Waals surface area contributed by atoms with Gasteiger partial charge in [-0.25, -0.2) is 15.0 Å². The number of anilines is 2. The quantitative estimate of drug-likeness (QED) is 0.738. The number of nitrogens with one attached hydrogen (secondary N) is 2. The Balaban J connectivity index is 1.63. The van der Waals surface area contributed by atoms with Crippen LogP contribution in [0.4, 0.5) is 24.9 Å². The number of amides is 2. The van der Waals surface area contributed by atoms with Crippen LogP contribution in [0.15, 0.2) is 24.5 Å². The van der Waals surface area contributed by atoms with E-state index in [1.165, 1.54) is 12.3 Å². The molecule has 3 rings (SSSR count). The van der Waals surface area contributed by atoms with Gasteiger partial charge < -0.3 is 10.2 Å². The van der Waals surface area contributed by atoms with E-state index in [-0.39, 0.29) is 40.9 Å². The van der Waals surface area contributed by atoms with Crippen LogP contribution in [-0.2, 0) is 11.0 Å². The zero-order chi connectivity index (χ0) is 21.9. The van der Waals surface area contributed by atoms with Crippen molar-refractivity contribution in [1.29, 1.82) is 0 Å². The number of pyridine rings is 1. The van der Waals surface area contributed by atoms with E-state index in [9.17, 15) is 22.8 Å². The zero-order valence-corrected chi connectivity index (χ0v) is 16.6. The summed E-state index contributed by atoms with van der Waals surface area (Å²) >= 11 is 5.99. The Kier molecular flexibility index (Phi) is 6.40. The monoisotopic (exact) mass is 442 g/mol. The summed E-state index contributed by atoms with van der Waals surface area (Å²) in [5.41, 5.74) is -0.837. The molecular weight excluding hydrogens is 425 g/mol. The van der Waals surface area contributed by atoms with Crippen LogP contribution >= 0.6 is 11.6 Å². The highest BCUT2D eigenvalue weighted by Gasteiger charge is 2.33. The molecular formula is C18H18ClF3N6O2.